The van der Waals surface area contributed by atoms with Gasteiger partial charge in [-0.3, -0.25) is 0 Å². The SMILES string of the molecule is CCCc1nc(COC2CCC(NCC)CC2)cs1. The first-order chi connectivity index (χ1) is 9.31. The third kappa shape index (κ3) is 4.86. The number of aryl methyl sites for hydroxylation is 1. The van der Waals surface area contributed by atoms with Gasteiger partial charge in [-0.1, -0.05) is 13.8 Å². The first-order valence-electron chi connectivity index (χ1n) is 7.60. The third-order valence-electron chi connectivity index (χ3n) is 3.70. The van der Waals surface area contributed by atoms with Crippen molar-refractivity contribution in [1.82, 2.24) is 10.3 Å². The van der Waals surface area contributed by atoms with Crippen molar-refractivity contribution in [3.8, 4) is 0 Å². The molecule has 2 rings (SSSR count). The van der Waals surface area contributed by atoms with Crippen LogP contribution < -0.4 is 5.32 Å². The summed E-state index contributed by atoms with van der Waals surface area (Å²) in [5.41, 5.74) is 1.11. The molecule has 4 heteroatoms. The molecular formula is C15H26N2OS. The minimum absolute atomic E-state index is 0.436. The predicted molar refractivity (Wildman–Crippen MR) is 80.6 cm³/mol. The monoisotopic (exact) mass is 282 g/mol. The predicted octanol–water partition coefficient (Wildman–Crippen LogP) is 3.53. The number of aromatic nitrogens is 1. The van der Waals surface area contributed by atoms with E-state index in [4.69, 9.17) is 4.74 Å². The van der Waals surface area contributed by atoms with Gasteiger partial charge in [-0.15, -0.1) is 11.3 Å². The van der Waals surface area contributed by atoms with Crippen molar-refractivity contribution >= 4 is 11.3 Å². The zero-order chi connectivity index (χ0) is 13.5. The van der Waals surface area contributed by atoms with Gasteiger partial charge in [-0.25, -0.2) is 4.98 Å². The van der Waals surface area contributed by atoms with Crippen LogP contribution in [0.15, 0.2) is 5.38 Å². The molecule has 1 aliphatic rings. The van der Waals surface area contributed by atoms with E-state index in [0.717, 1.165) is 18.7 Å². The van der Waals surface area contributed by atoms with Crippen LogP contribution in [0.5, 0.6) is 0 Å². The van der Waals surface area contributed by atoms with Crippen molar-refractivity contribution in [2.24, 2.45) is 0 Å². The number of rotatable bonds is 7. The van der Waals surface area contributed by atoms with Gasteiger partial charge < -0.3 is 10.1 Å². The summed E-state index contributed by atoms with van der Waals surface area (Å²) in [6, 6.07) is 0.709. The van der Waals surface area contributed by atoms with Gasteiger partial charge in [0.1, 0.15) is 0 Å². The number of nitrogens with one attached hydrogen (secondary N) is 1. The molecule has 1 aromatic rings. The molecule has 1 N–H and O–H groups in total. The van der Waals surface area contributed by atoms with Crippen molar-refractivity contribution < 1.29 is 4.74 Å². The molecule has 1 heterocycles. The van der Waals surface area contributed by atoms with E-state index in [-0.39, 0.29) is 0 Å². The maximum absolute atomic E-state index is 6.00. The molecule has 0 saturated heterocycles. The van der Waals surface area contributed by atoms with E-state index in [1.165, 1.54) is 37.1 Å². The highest BCUT2D eigenvalue weighted by molar-refractivity contribution is 7.09. The van der Waals surface area contributed by atoms with Gasteiger partial charge in [0.05, 0.1) is 23.4 Å². The molecule has 0 amide bonds. The summed E-state index contributed by atoms with van der Waals surface area (Å²) in [5.74, 6) is 0. The zero-order valence-corrected chi connectivity index (χ0v) is 13.0. The van der Waals surface area contributed by atoms with Crippen LogP contribution in [0.25, 0.3) is 0 Å². The van der Waals surface area contributed by atoms with Gasteiger partial charge in [-0.05, 0) is 45.1 Å². The standard InChI is InChI=1S/C15H26N2OS/c1-3-5-15-17-13(11-19-15)10-18-14-8-6-12(7-9-14)16-4-2/h11-12,14,16H,3-10H2,1-2H3. The maximum atomic E-state index is 6.00. The quantitative estimate of drug-likeness (QED) is 0.830. The molecule has 0 atom stereocenters. The Morgan fingerprint density at radius 2 is 2.11 bits per heavy atom. The fourth-order valence-corrected chi connectivity index (χ4v) is 3.55. The second kappa shape index (κ2) is 7.98. The molecule has 1 aromatic heterocycles. The molecule has 1 fully saturated rings. The van der Waals surface area contributed by atoms with E-state index in [9.17, 15) is 0 Å². The van der Waals surface area contributed by atoms with Crippen LogP contribution in [0.1, 0.15) is 56.7 Å². The smallest absolute Gasteiger partial charge is 0.0929 e. The Balaban J connectivity index is 1.68. The van der Waals surface area contributed by atoms with Gasteiger partial charge in [0.15, 0.2) is 0 Å². The largest absolute Gasteiger partial charge is 0.372 e. The number of nitrogens with zero attached hydrogens (tertiary/aromatic N) is 1. The van der Waals surface area contributed by atoms with Crippen LogP contribution in [0, 0.1) is 0 Å². The second-order valence-electron chi connectivity index (χ2n) is 5.32. The summed E-state index contributed by atoms with van der Waals surface area (Å²) in [7, 11) is 0. The number of hydrogen-bond donors (Lipinski definition) is 1. The molecule has 3 nitrogen and oxygen atoms in total. The Hall–Kier alpha value is -0.450. The van der Waals surface area contributed by atoms with Crippen LogP contribution in [0.4, 0.5) is 0 Å². The Labute approximate surface area is 120 Å². The Kier molecular flexibility index (Phi) is 6.28. The molecule has 1 saturated carbocycles. The van der Waals surface area contributed by atoms with E-state index in [1.54, 1.807) is 11.3 Å². The van der Waals surface area contributed by atoms with E-state index >= 15 is 0 Å². The first kappa shape index (κ1) is 14.9. The van der Waals surface area contributed by atoms with Crippen molar-refractivity contribution in [2.75, 3.05) is 6.54 Å². The lowest BCUT2D eigenvalue weighted by Gasteiger charge is -2.28. The highest BCUT2D eigenvalue weighted by Crippen LogP contribution is 2.22. The normalized spacial score (nSPS) is 23.7. The summed E-state index contributed by atoms with van der Waals surface area (Å²) < 4.78 is 6.00. The minimum Gasteiger partial charge on any atom is -0.372 e. The number of hydrogen-bond acceptors (Lipinski definition) is 4. The van der Waals surface area contributed by atoms with Gasteiger partial charge in [0.25, 0.3) is 0 Å². The summed E-state index contributed by atoms with van der Waals surface area (Å²) in [5, 5.41) is 6.93. The van der Waals surface area contributed by atoms with E-state index in [2.05, 4.69) is 29.5 Å². The lowest BCUT2D eigenvalue weighted by molar-refractivity contribution is 0.0101. The highest BCUT2D eigenvalue weighted by Gasteiger charge is 2.21. The third-order valence-corrected chi connectivity index (χ3v) is 4.65. The van der Waals surface area contributed by atoms with Crippen LogP contribution in [-0.2, 0) is 17.8 Å². The molecule has 0 aliphatic heterocycles. The highest BCUT2D eigenvalue weighted by atomic mass is 32.1. The summed E-state index contributed by atoms with van der Waals surface area (Å²) in [6.07, 6.45) is 7.56. The van der Waals surface area contributed by atoms with Crippen LogP contribution in [0.3, 0.4) is 0 Å². The summed E-state index contributed by atoms with van der Waals surface area (Å²) >= 11 is 1.77. The summed E-state index contributed by atoms with van der Waals surface area (Å²) in [6.45, 7) is 6.14. The van der Waals surface area contributed by atoms with Crippen LogP contribution >= 0.6 is 11.3 Å². The fourth-order valence-electron chi connectivity index (χ4n) is 2.67. The first-order valence-corrected chi connectivity index (χ1v) is 8.48. The molecule has 1 aliphatic carbocycles. The average Bonchev–Trinajstić information content (AvgIpc) is 2.87. The topological polar surface area (TPSA) is 34.1 Å². The zero-order valence-electron chi connectivity index (χ0n) is 12.2. The molecule has 0 radical (unpaired) electrons. The van der Waals surface area contributed by atoms with Crippen molar-refractivity contribution in [3.05, 3.63) is 16.1 Å². The molecule has 0 aromatic carbocycles. The molecule has 0 unspecified atom stereocenters. The number of thiazole rings is 1. The maximum Gasteiger partial charge on any atom is 0.0929 e. The fraction of sp³-hybridized carbons (Fsp3) is 0.800. The lowest BCUT2D eigenvalue weighted by atomic mass is 9.93. The van der Waals surface area contributed by atoms with Gasteiger partial charge in [0, 0.05) is 11.4 Å². The van der Waals surface area contributed by atoms with Crippen molar-refractivity contribution in [3.63, 3.8) is 0 Å². The second-order valence-corrected chi connectivity index (χ2v) is 6.27. The lowest BCUT2D eigenvalue weighted by Crippen LogP contribution is -2.35. The number of ether oxygens (including phenoxy) is 1. The van der Waals surface area contributed by atoms with Gasteiger partial charge in [0.2, 0.25) is 0 Å². The molecule has 0 bridgehead atoms. The minimum atomic E-state index is 0.436. The van der Waals surface area contributed by atoms with E-state index in [1.807, 2.05) is 0 Å². The van der Waals surface area contributed by atoms with Gasteiger partial charge >= 0.3 is 0 Å². The molecule has 0 spiro atoms. The average molecular weight is 282 g/mol. The van der Waals surface area contributed by atoms with Crippen molar-refractivity contribution in [2.45, 2.75) is 71.1 Å². The molecular weight excluding hydrogens is 256 g/mol. The van der Waals surface area contributed by atoms with E-state index < -0.39 is 0 Å². The van der Waals surface area contributed by atoms with E-state index in [0.29, 0.717) is 18.8 Å². The molecule has 19 heavy (non-hydrogen) atoms. The summed E-state index contributed by atoms with van der Waals surface area (Å²) in [4.78, 5) is 4.61. The Morgan fingerprint density at radius 1 is 1.32 bits per heavy atom. The van der Waals surface area contributed by atoms with Crippen LogP contribution in [0.2, 0.25) is 0 Å². The Bertz CT molecular complexity index is 359. The van der Waals surface area contributed by atoms with Crippen molar-refractivity contribution in [1.29, 1.82) is 0 Å². The van der Waals surface area contributed by atoms with Gasteiger partial charge in [-0.2, -0.15) is 0 Å². The molecule has 108 valence electrons. The van der Waals surface area contributed by atoms with Crippen LogP contribution in [-0.4, -0.2) is 23.7 Å². The Morgan fingerprint density at radius 3 is 2.79 bits per heavy atom.